The van der Waals surface area contributed by atoms with Gasteiger partial charge in [0.25, 0.3) is 0 Å². The summed E-state index contributed by atoms with van der Waals surface area (Å²) >= 11 is 3.57. The number of aromatic nitrogens is 2. The molecule has 0 bridgehead atoms. The molecule has 1 atom stereocenters. The van der Waals surface area contributed by atoms with Gasteiger partial charge in [-0.05, 0) is 201 Å². The van der Waals surface area contributed by atoms with E-state index in [1.807, 2.05) is 6.07 Å². The van der Waals surface area contributed by atoms with Crippen molar-refractivity contribution in [3.8, 4) is 22.5 Å². The van der Waals surface area contributed by atoms with Crippen molar-refractivity contribution in [3.05, 3.63) is 284 Å². The first kappa shape index (κ1) is 57.1. The van der Waals surface area contributed by atoms with Gasteiger partial charge in [0.15, 0.2) is 0 Å². The third-order valence-corrected chi connectivity index (χ3v) is 19.4. The Morgan fingerprint density at radius 1 is 0.344 bits per heavy atom. The fourth-order valence-electron chi connectivity index (χ4n) is 13.7. The highest BCUT2D eigenvalue weighted by atomic mass is 79.9. The largest absolute Gasteiger partial charge is 0.494 e. The van der Waals surface area contributed by atoms with E-state index in [0.717, 1.165) is 16.5 Å². The average Bonchev–Trinajstić information content (AvgIpc) is 1.14. The molecule has 0 N–H and O–H groups in total. The lowest BCUT2D eigenvalue weighted by molar-refractivity contribution is 0.00578. The highest BCUT2D eigenvalue weighted by Gasteiger charge is 2.51. The summed E-state index contributed by atoms with van der Waals surface area (Å²) in [6.07, 6.45) is 3.08. The van der Waals surface area contributed by atoms with Crippen LogP contribution in [0.15, 0.2) is 284 Å². The topological polar surface area (TPSA) is 37.6 Å². The van der Waals surface area contributed by atoms with Crippen LogP contribution in [0, 0.1) is 0 Å². The molecule has 18 rings (SSSR count). The first-order chi connectivity index (χ1) is 44.0. The predicted octanol–water partition coefficient (Wildman–Crippen LogP) is 22.1. The molecule has 2 aliphatic rings. The van der Waals surface area contributed by atoms with E-state index in [1.54, 1.807) is 0 Å². The third-order valence-electron chi connectivity index (χ3n) is 18.9. The number of ether oxygens (including phenoxy) is 1. The molecule has 5 nitrogen and oxygen atoms in total. The Kier molecular flexibility index (Phi) is 15.0. The van der Waals surface area contributed by atoms with Crippen molar-refractivity contribution in [2.45, 2.75) is 64.8 Å². The van der Waals surface area contributed by atoms with Crippen LogP contribution >= 0.6 is 15.9 Å². The van der Waals surface area contributed by atoms with Gasteiger partial charge < -0.3 is 23.2 Å². The minimum atomic E-state index is -0.343. The van der Waals surface area contributed by atoms with Crippen molar-refractivity contribution in [2.24, 2.45) is 0 Å². The molecule has 2 aliphatic heterocycles. The lowest BCUT2D eigenvalue weighted by atomic mass is 9.77. The van der Waals surface area contributed by atoms with Crippen LogP contribution in [0.25, 0.3) is 131 Å². The number of hydrogen-bond acceptors (Lipinski definition) is 3. The van der Waals surface area contributed by atoms with Crippen LogP contribution < -0.4 is 5.46 Å². The van der Waals surface area contributed by atoms with Gasteiger partial charge >= 0.3 is 7.12 Å². The smallest absolute Gasteiger partial charge is 0.399 e. The monoisotopic (exact) mass is 1230 g/mol. The summed E-state index contributed by atoms with van der Waals surface area (Å²) in [4.78, 5) is 0. The lowest BCUT2D eigenvalue weighted by Crippen LogP contribution is -2.41. The fourth-order valence-corrected chi connectivity index (χ4v) is 14.0. The minimum absolute atomic E-state index is 0.335. The van der Waals surface area contributed by atoms with Crippen LogP contribution in [0.1, 0.15) is 47.5 Å². The lowest BCUT2D eigenvalue weighted by Gasteiger charge is -2.32. The maximum Gasteiger partial charge on any atom is 0.494 e. The van der Waals surface area contributed by atoms with Gasteiger partial charge in [-0.1, -0.05) is 222 Å². The first-order valence-corrected chi connectivity index (χ1v) is 32.2. The van der Waals surface area contributed by atoms with Crippen molar-refractivity contribution in [1.82, 2.24) is 9.13 Å². The average molecular weight is 1230 g/mol. The molecule has 0 radical (unpaired) electrons. The summed E-state index contributed by atoms with van der Waals surface area (Å²) in [5.41, 5.74) is 10.2. The number of benzene rings is 14. The first-order valence-electron chi connectivity index (χ1n) is 31.4. The van der Waals surface area contributed by atoms with Crippen LogP contribution in [-0.2, 0) is 14.0 Å². The highest BCUT2D eigenvalue weighted by Crippen LogP contribution is 2.42. The molecule has 90 heavy (non-hydrogen) atoms. The van der Waals surface area contributed by atoms with Gasteiger partial charge in [0.2, 0.25) is 0 Å². The van der Waals surface area contributed by atoms with E-state index in [0.29, 0.717) is 6.10 Å². The zero-order chi connectivity index (χ0) is 61.1. The van der Waals surface area contributed by atoms with Crippen molar-refractivity contribution in [2.75, 3.05) is 6.61 Å². The molecule has 1 unspecified atom stereocenters. The second kappa shape index (κ2) is 23.6. The van der Waals surface area contributed by atoms with E-state index >= 15 is 0 Å². The Morgan fingerprint density at radius 2 is 0.689 bits per heavy atom. The molecular formula is C83H68BBrN2O3. The zero-order valence-corrected chi connectivity index (χ0v) is 52.9. The molecule has 0 amide bonds. The molecule has 7 heteroatoms. The molecule has 0 saturated carbocycles. The number of rotatable bonds is 4. The van der Waals surface area contributed by atoms with Crippen molar-refractivity contribution in [3.63, 3.8) is 0 Å². The van der Waals surface area contributed by atoms with Gasteiger partial charge in [-0.25, -0.2) is 0 Å². The highest BCUT2D eigenvalue weighted by molar-refractivity contribution is 9.10. The Labute approximate surface area is 533 Å². The summed E-state index contributed by atoms with van der Waals surface area (Å²) in [6.45, 7) is 11.5. The van der Waals surface area contributed by atoms with E-state index < -0.39 is 0 Å². The van der Waals surface area contributed by atoms with E-state index in [1.165, 1.54) is 144 Å². The van der Waals surface area contributed by atoms with Crippen molar-refractivity contribution >= 4 is 137 Å². The number of hydrogen-bond donors (Lipinski definition) is 0. The normalized spacial score (nSPS) is 15.2. The van der Waals surface area contributed by atoms with Gasteiger partial charge in [0, 0.05) is 44.0 Å². The molecule has 0 spiro atoms. The Morgan fingerprint density at radius 3 is 1.12 bits per heavy atom. The van der Waals surface area contributed by atoms with Crippen LogP contribution in [0.2, 0.25) is 0 Å². The van der Waals surface area contributed by atoms with Crippen LogP contribution in [0.3, 0.4) is 0 Å². The minimum Gasteiger partial charge on any atom is -0.399 e. The molecule has 4 heterocycles. The molecule has 2 saturated heterocycles. The summed E-state index contributed by atoms with van der Waals surface area (Å²) in [5, 5.41) is 20.6. The second-order valence-corrected chi connectivity index (χ2v) is 25.8. The van der Waals surface area contributed by atoms with Gasteiger partial charge in [0.1, 0.15) is 0 Å². The number of para-hydroxylation sites is 4. The van der Waals surface area contributed by atoms with Crippen LogP contribution in [0.5, 0.6) is 0 Å². The Bertz CT molecular complexity index is 5290. The van der Waals surface area contributed by atoms with Gasteiger partial charge in [-0.2, -0.15) is 0 Å². The zero-order valence-electron chi connectivity index (χ0n) is 51.3. The SMILES string of the molecule is Brc1ccc2c(c1)c1ccccc1n2-c1ccccc1.CC1(C)OB(c2ccc3c4ccccc4c4ccccc4c3c2)OC1(C)C.CC1CCCO1.c1ccc(-n2c3ccccc3c3cc(-c4ccc5c6ccccc6c6ccccc6c5c4)ccc32)cc1. The molecule has 2 aromatic heterocycles. The van der Waals surface area contributed by atoms with Crippen molar-refractivity contribution < 1.29 is 14.0 Å². The molecule has 438 valence electrons. The number of nitrogens with zero attached hydrogens (tertiary/aromatic N) is 2. The molecule has 0 aliphatic carbocycles. The predicted molar refractivity (Wildman–Crippen MR) is 387 cm³/mol. The molecule has 14 aromatic carbocycles. The molecule has 2 fully saturated rings. The Balaban J connectivity index is 0.000000112. The summed E-state index contributed by atoms with van der Waals surface area (Å²) in [6, 6.07) is 100. The second-order valence-electron chi connectivity index (χ2n) is 24.9. The molecule has 16 aromatic rings. The quantitative estimate of drug-likeness (QED) is 0.130. The standard InChI is InChI=1S/C36H23N.C24H23BO2.C18H12BrN.C5H10O/c1-2-10-26(11-3-1)37-35-17-9-8-16-32(35)34-23-25(19-21-36(34)37)24-18-20-31-29-14-5-4-12-27(29)28-13-6-7-15-30(28)33(31)22-24;1-23(2)24(3,4)27-25(26-23)16-13-14-21-19-11-6-5-9-17(19)18-10-7-8-12-20(18)22(21)15-16;19-13-10-11-18-16(12-13)15-8-4-5-9-17(15)20(18)14-6-2-1-3-7-14;1-5-3-2-4-6-5/h1-23H;5-15H,1-4H3;1-12H;5H,2-4H2,1H3. The maximum atomic E-state index is 6.28. The summed E-state index contributed by atoms with van der Waals surface area (Å²) in [5.74, 6) is 0. The number of fused-ring (bicyclic) bond motifs is 18. The van der Waals surface area contributed by atoms with E-state index in [4.69, 9.17) is 14.0 Å². The maximum absolute atomic E-state index is 6.28. The Hall–Kier alpha value is -9.34. The molecular weight excluding hydrogens is 1160 g/mol. The van der Waals surface area contributed by atoms with Gasteiger partial charge in [-0.15, -0.1) is 0 Å². The number of halogens is 1. The van der Waals surface area contributed by atoms with Gasteiger partial charge in [0.05, 0.1) is 39.4 Å². The van der Waals surface area contributed by atoms with Crippen LogP contribution in [0.4, 0.5) is 0 Å². The van der Waals surface area contributed by atoms with Gasteiger partial charge in [-0.3, -0.25) is 0 Å². The third kappa shape index (κ3) is 10.3. The van der Waals surface area contributed by atoms with E-state index in [-0.39, 0.29) is 18.3 Å². The van der Waals surface area contributed by atoms with E-state index in [2.05, 4.69) is 333 Å². The fraction of sp³-hybridized carbons (Fsp3) is 0.133. The van der Waals surface area contributed by atoms with Crippen molar-refractivity contribution in [1.29, 1.82) is 0 Å². The van der Waals surface area contributed by atoms with E-state index in [9.17, 15) is 0 Å². The van der Waals surface area contributed by atoms with Crippen LogP contribution in [-0.4, -0.2) is 40.2 Å². The summed E-state index contributed by atoms with van der Waals surface area (Å²) < 4.78 is 23.5. The summed E-state index contributed by atoms with van der Waals surface area (Å²) in [7, 11) is -0.343.